The predicted molar refractivity (Wildman–Crippen MR) is 67.0 cm³/mol. The fourth-order valence-corrected chi connectivity index (χ4v) is 1.94. The number of rotatable bonds is 4. The molecule has 0 radical (unpaired) electrons. The average molecular weight is 234 g/mol. The summed E-state index contributed by atoms with van der Waals surface area (Å²) in [5.41, 5.74) is 1.01. The van der Waals surface area contributed by atoms with E-state index in [0.29, 0.717) is 0 Å². The number of hydrogen-bond donors (Lipinski definition) is 1. The lowest BCUT2D eigenvalue weighted by molar-refractivity contribution is 0.505. The van der Waals surface area contributed by atoms with Crippen molar-refractivity contribution in [2.24, 2.45) is 0 Å². The first-order valence-corrected chi connectivity index (χ1v) is 5.91. The minimum atomic E-state index is 0.809. The van der Waals surface area contributed by atoms with Crippen molar-refractivity contribution in [1.29, 1.82) is 0 Å². The molecule has 0 aliphatic rings. The molecule has 2 heterocycles. The molecule has 0 spiro atoms. The maximum Gasteiger partial charge on any atom is 0.224 e. The van der Waals surface area contributed by atoms with Crippen LogP contribution in [0.5, 0.6) is 0 Å². The van der Waals surface area contributed by atoms with E-state index in [9.17, 15) is 0 Å². The molecular formula is C12H18N4O. The number of nitrogens with zero attached hydrogens (tertiary/aromatic N) is 3. The van der Waals surface area contributed by atoms with Crippen molar-refractivity contribution in [3.8, 4) is 11.4 Å². The SMILES string of the molecule is CCNc1nnc(-c2cc(C)oc2C)n1CC. The van der Waals surface area contributed by atoms with Gasteiger partial charge in [-0.25, -0.2) is 0 Å². The summed E-state index contributed by atoms with van der Waals surface area (Å²) in [6, 6.07) is 2.00. The Balaban J connectivity index is 2.48. The Morgan fingerprint density at radius 2 is 2.06 bits per heavy atom. The minimum absolute atomic E-state index is 0.809. The summed E-state index contributed by atoms with van der Waals surface area (Å²) < 4.78 is 7.59. The summed E-state index contributed by atoms with van der Waals surface area (Å²) in [4.78, 5) is 0. The Labute approximate surface area is 101 Å². The number of anilines is 1. The summed E-state index contributed by atoms with van der Waals surface area (Å²) in [5.74, 6) is 3.45. The van der Waals surface area contributed by atoms with Gasteiger partial charge in [0, 0.05) is 13.1 Å². The molecule has 2 rings (SSSR count). The van der Waals surface area contributed by atoms with Gasteiger partial charge in [-0.2, -0.15) is 0 Å². The average Bonchev–Trinajstić information content (AvgIpc) is 2.82. The molecule has 5 heteroatoms. The molecule has 92 valence electrons. The molecule has 2 aromatic heterocycles. The van der Waals surface area contributed by atoms with Crippen LogP contribution in [0.1, 0.15) is 25.4 Å². The van der Waals surface area contributed by atoms with Gasteiger partial charge in [0.1, 0.15) is 11.5 Å². The molecule has 2 aromatic rings. The van der Waals surface area contributed by atoms with Crippen LogP contribution < -0.4 is 5.32 Å². The predicted octanol–water partition coefficient (Wildman–Crippen LogP) is 2.61. The van der Waals surface area contributed by atoms with Crippen LogP contribution in [-0.2, 0) is 6.54 Å². The molecule has 0 saturated carbocycles. The zero-order valence-corrected chi connectivity index (χ0v) is 10.7. The fraction of sp³-hybridized carbons (Fsp3) is 0.500. The Morgan fingerprint density at radius 3 is 2.59 bits per heavy atom. The normalized spacial score (nSPS) is 10.8. The van der Waals surface area contributed by atoms with Gasteiger partial charge in [0.15, 0.2) is 5.82 Å². The van der Waals surface area contributed by atoms with Crippen molar-refractivity contribution >= 4 is 5.95 Å². The summed E-state index contributed by atoms with van der Waals surface area (Å²) >= 11 is 0. The van der Waals surface area contributed by atoms with Crippen molar-refractivity contribution in [2.75, 3.05) is 11.9 Å². The monoisotopic (exact) mass is 234 g/mol. The molecule has 0 aromatic carbocycles. The highest BCUT2D eigenvalue weighted by Crippen LogP contribution is 2.26. The van der Waals surface area contributed by atoms with E-state index in [1.54, 1.807) is 0 Å². The van der Waals surface area contributed by atoms with Crippen LogP contribution in [0.4, 0.5) is 5.95 Å². The third-order valence-corrected chi connectivity index (χ3v) is 2.68. The van der Waals surface area contributed by atoms with E-state index in [0.717, 1.165) is 41.9 Å². The van der Waals surface area contributed by atoms with E-state index in [1.807, 2.05) is 26.8 Å². The van der Waals surface area contributed by atoms with E-state index >= 15 is 0 Å². The van der Waals surface area contributed by atoms with Gasteiger partial charge in [-0.3, -0.25) is 4.57 Å². The summed E-state index contributed by atoms with van der Waals surface area (Å²) in [6.45, 7) is 9.67. The Morgan fingerprint density at radius 1 is 1.29 bits per heavy atom. The van der Waals surface area contributed by atoms with E-state index < -0.39 is 0 Å². The lowest BCUT2D eigenvalue weighted by Crippen LogP contribution is -2.06. The van der Waals surface area contributed by atoms with Crippen LogP contribution >= 0.6 is 0 Å². The molecule has 5 nitrogen and oxygen atoms in total. The van der Waals surface area contributed by atoms with E-state index in [2.05, 4.69) is 27.0 Å². The molecule has 0 aliphatic heterocycles. The maximum absolute atomic E-state index is 5.54. The summed E-state index contributed by atoms with van der Waals surface area (Å²) in [6.07, 6.45) is 0. The molecular weight excluding hydrogens is 216 g/mol. The van der Waals surface area contributed by atoms with Crippen LogP contribution in [-0.4, -0.2) is 21.3 Å². The van der Waals surface area contributed by atoms with E-state index in [-0.39, 0.29) is 0 Å². The zero-order chi connectivity index (χ0) is 12.4. The molecule has 0 fully saturated rings. The van der Waals surface area contributed by atoms with Gasteiger partial charge in [-0.15, -0.1) is 10.2 Å². The number of furan rings is 1. The van der Waals surface area contributed by atoms with Crippen LogP contribution in [0.3, 0.4) is 0 Å². The van der Waals surface area contributed by atoms with Crippen molar-refractivity contribution in [2.45, 2.75) is 34.2 Å². The topological polar surface area (TPSA) is 55.9 Å². The van der Waals surface area contributed by atoms with Crippen LogP contribution in [0, 0.1) is 13.8 Å². The quantitative estimate of drug-likeness (QED) is 0.883. The second-order valence-corrected chi connectivity index (χ2v) is 3.95. The van der Waals surface area contributed by atoms with Crippen LogP contribution in [0.25, 0.3) is 11.4 Å². The maximum atomic E-state index is 5.54. The highest BCUT2D eigenvalue weighted by Gasteiger charge is 2.16. The van der Waals surface area contributed by atoms with Gasteiger partial charge >= 0.3 is 0 Å². The van der Waals surface area contributed by atoms with Crippen LogP contribution in [0.2, 0.25) is 0 Å². The van der Waals surface area contributed by atoms with Gasteiger partial charge in [-0.1, -0.05) is 0 Å². The van der Waals surface area contributed by atoms with E-state index in [4.69, 9.17) is 4.42 Å². The molecule has 0 amide bonds. The highest BCUT2D eigenvalue weighted by molar-refractivity contribution is 5.60. The minimum Gasteiger partial charge on any atom is -0.466 e. The van der Waals surface area contributed by atoms with Crippen molar-refractivity contribution < 1.29 is 4.42 Å². The zero-order valence-electron chi connectivity index (χ0n) is 10.7. The highest BCUT2D eigenvalue weighted by atomic mass is 16.3. The van der Waals surface area contributed by atoms with Gasteiger partial charge in [-0.05, 0) is 33.8 Å². The largest absolute Gasteiger partial charge is 0.466 e. The number of hydrogen-bond acceptors (Lipinski definition) is 4. The lowest BCUT2D eigenvalue weighted by Gasteiger charge is -2.06. The molecule has 0 unspecified atom stereocenters. The Kier molecular flexibility index (Phi) is 3.17. The summed E-state index contributed by atoms with van der Waals surface area (Å²) in [5, 5.41) is 11.6. The van der Waals surface area contributed by atoms with Crippen LogP contribution in [0.15, 0.2) is 10.5 Å². The first-order valence-electron chi connectivity index (χ1n) is 5.91. The van der Waals surface area contributed by atoms with E-state index in [1.165, 1.54) is 0 Å². The van der Waals surface area contributed by atoms with Gasteiger partial charge in [0.25, 0.3) is 0 Å². The third kappa shape index (κ3) is 2.05. The van der Waals surface area contributed by atoms with Gasteiger partial charge in [0.05, 0.1) is 5.56 Å². The van der Waals surface area contributed by atoms with Crippen molar-refractivity contribution in [3.63, 3.8) is 0 Å². The molecule has 17 heavy (non-hydrogen) atoms. The standard InChI is InChI=1S/C12H18N4O/c1-5-13-12-15-14-11(16(12)6-2)10-7-8(3)17-9(10)4/h7H,5-6H2,1-4H3,(H,13,15). The third-order valence-electron chi connectivity index (χ3n) is 2.68. The first-order chi connectivity index (χ1) is 8.17. The second kappa shape index (κ2) is 4.61. The lowest BCUT2D eigenvalue weighted by atomic mass is 10.2. The smallest absolute Gasteiger partial charge is 0.224 e. The molecule has 0 bridgehead atoms. The number of aryl methyl sites for hydroxylation is 2. The molecule has 1 N–H and O–H groups in total. The Bertz CT molecular complexity index is 513. The summed E-state index contributed by atoms with van der Waals surface area (Å²) in [7, 11) is 0. The second-order valence-electron chi connectivity index (χ2n) is 3.95. The number of nitrogens with one attached hydrogen (secondary N) is 1. The Hall–Kier alpha value is -1.78. The molecule has 0 saturated heterocycles. The van der Waals surface area contributed by atoms with Crippen molar-refractivity contribution in [1.82, 2.24) is 14.8 Å². The first kappa shape index (κ1) is 11.7. The van der Waals surface area contributed by atoms with Gasteiger partial charge < -0.3 is 9.73 Å². The molecule has 0 aliphatic carbocycles. The fourth-order valence-electron chi connectivity index (χ4n) is 1.94. The van der Waals surface area contributed by atoms with Gasteiger partial charge in [0.2, 0.25) is 5.95 Å². The number of aromatic nitrogens is 3. The van der Waals surface area contributed by atoms with Crippen molar-refractivity contribution in [3.05, 3.63) is 17.6 Å². The molecule has 0 atom stereocenters.